The number of aromatic nitrogens is 4. The van der Waals surface area contributed by atoms with E-state index < -0.39 is 0 Å². The van der Waals surface area contributed by atoms with Crippen molar-refractivity contribution in [3.63, 3.8) is 0 Å². The molecule has 2 heterocycles. The number of pyridine rings is 1. The number of anilines is 3. The lowest BCUT2D eigenvalue weighted by Crippen LogP contribution is -2.08. The smallest absolute Gasteiger partial charge is 0.232 e. The van der Waals surface area contributed by atoms with Crippen molar-refractivity contribution in [2.75, 3.05) is 11.1 Å². The summed E-state index contributed by atoms with van der Waals surface area (Å²) >= 11 is 1.45. The number of rotatable bonds is 5. The molecular formula is C17H15N7S. The van der Waals surface area contributed by atoms with Crippen LogP contribution in [0.4, 0.5) is 17.6 Å². The largest absolute Gasteiger partial charge is 0.368 e. The SMILES string of the molecule is CC(Sc1cc(C#N)ccn1)c1nc(N)nc(Nc2ccccc2)n1. The molecule has 1 atom stereocenters. The van der Waals surface area contributed by atoms with E-state index in [9.17, 15) is 0 Å². The summed E-state index contributed by atoms with van der Waals surface area (Å²) in [7, 11) is 0. The molecule has 0 aliphatic rings. The summed E-state index contributed by atoms with van der Waals surface area (Å²) in [6.45, 7) is 1.95. The molecule has 0 fully saturated rings. The van der Waals surface area contributed by atoms with Gasteiger partial charge in [0.1, 0.15) is 5.82 Å². The van der Waals surface area contributed by atoms with Crippen LogP contribution in [0.2, 0.25) is 0 Å². The van der Waals surface area contributed by atoms with E-state index in [0.717, 1.165) is 10.7 Å². The van der Waals surface area contributed by atoms with Crippen molar-refractivity contribution in [1.29, 1.82) is 5.26 Å². The van der Waals surface area contributed by atoms with E-state index >= 15 is 0 Å². The number of nitrogen functional groups attached to an aromatic ring is 1. The highest BCUT2D eigenvalue weighted by molar-refractivity contribution is 7.99. The van der Waals surface area contributed by atoms with Gasteiger partial charge in [0.05, 0.1) is 21.9 Å². The van der Waals surface area contributed by atoms with Gasteiger partial charge in [-0.15, -0.1) is 0 Å². The van der Waals surface area contributed by atoms with Crippen molar-refractivity contribution in [2.24, 2.45) is 0 Å². The molecule has 25 heavy (non-hydrogen) atoms. The molecule has 3 aromatic rings. The van der Waals surface area contributed by atoms with E-state index in [4.69, 9.17) is 11.0 Å². The number of hydrogen-bond acceptors (Lipinski definition) is 8. The molecule has 0 bridgehead atoms. The lowest BCUT2D eigenvalue weighted by Gasteiger charge is -2.12. The monoisotopic (exact) mass is 349 g/mol. The van der Waals surface area contributed by atoms with Crippen molar-refractivity contribution < 1.29 is 0 Å². The molecular weight excluding hydrogens is 334 g/mol. The minimum absolute atomic E-state index is 0.108. The Hall–Kier alpha value is -3.18. The Kier molecular flexibility index (Phi) is 5.06. The second-order valence-electron chi connectivity index (χ2n) is 5.12. The fourth-order valence-electron chi connectivity index (χ4n) is 2.07. The number of thioether (sulfide) groups is 1. The van der Waals surface area contributed by atoms with Crippen molar-refractivity contribution >= 4 is 29.3 Å². The van der Waals surface area contributed by atoms with E-state index in [1.54, 1.807) is 18.3 Å². The minimum atomic E-state index is -0.108. The fraction of sp³-hybridized carbons (Fsp3) is 0.118. The van der Waals surface area contributed by atoms with E-state index in [-0.39, 0.29) is 11.2 Å². The van der Waals surface area contributed by atoms with Crippen LogP contribution in [0.25, 0.3) is 0 Å². The zero-order valence-electron chi connectivity index (χ0n) is 13.4. The summed E-state index contributed by atoms with van der Waals surface area (Å²) in [6, 6.07) is 15.1. The van der Waals surface area contributed by atoms with E-state index in [2.05, 4.69) is 31.3 Å². The van der Waals surface area contributed by atoms with Gasteiger partial charge in [-0.3, -0.25) is 0 Å². The highest BCUT2D eigenvalue weighted by Gasteiger charge is 2.15. The van der Waals surface area contributed by atoms with Crippen LogP contribution in [0.1, 0.15) is 23.6 Å². The van der Waals surface area contributed by atoms with Gasteiger partial charge in [0.25, 0.3) is 0 Å². The van der Waals surface area contributed by atoms with Crippen LogP contribution in [0.5, 0.6) is 0 Å². The Bertz CT molecular complexity index is 908. The standard InChI is InChI=1S/C17H15N7S/c1-11(25-14-9-12(10-18)7-8-20-14)15-22-16(19)24-17(23-15)21-13-5-3-2-4-6-13/h2-9,11H,1H3,(H3,19,21,22,23,24). The molecule has 0 aliphatic heterocycles. The molecule has 7 nitrogen and oxygen atoms in total. The predicted octanol–water partition coefficient (Wildman–Crippen LogP) is 3.32. The minimum Gasteiger partial charge on any atom is -0.368 e. The van der Waals surface area contributed by atoms with Gasteiger partial charge in [0.15, 0.2) is 0 Å². The third-order valence-corrected chi connectivity index (χ3v) is 4.25. The van der Waals surface area contributed by atoms with Gasteiger partial charge in [-0.2, -0.15) is 20.2 Å². The molecule has 0 spiro atoms. The van der Waals surface area contributed by atoms with Gasteiger partial charge < -0.3 is 11.1 Å². The van der Waals surface area contributed by atoms with Crippen molar-refractivity contribution in [2.45, 2.75) is 17.2 Å². The summed E-state index contributed by atoms with van der Waals surface area (Å²) in [5.74, 6) is 1.08. The summed E-state index contributed by atoms with van der Waals surface area (Å²) < 4.78 is 0. The molecule has 0 saturated carbocycles. The normalized spacial score (nSPS) is 11.5. The topological polar surface area (TPSA) is 113 Å². The van der Waals surface area contributed by atoms with Crippen LogP contribution in [-0.2, 0) is 0 Å². The fourth-order valence-corrected chi connectivity index (χ4v) is 2.96. The van der Waals surface area contributed by atoms with Gasteiger partial charge in [-0.1, -0.05) is 30.0 Å². The number of nitriles is 1. The third-order valence-electron chi connectivity index (χ3n) is 3.23. The molecule has 3 N–H and O–H groups in total. The van der Waals surface area contributed by atoms with Crippen molar-refractivity contribution in [3.05, 3.63) is 60.0 Å². The van der Waals surface area contributed by atoms with Crippen LogP contribution in [-0.4, -0.2) is 19.9 Å². The molecule has 8 heteroatoms. The first-order valence-electron chi connectivity index (χ1n) is 7.50. The van der Waals surface area contributed by atoms with Gasteiger partial charge >= 0.3 is 0 Å². The molecule has 0 saturated heterocycles. The Morgan fingerprint density at radius 2 is 1.96 bits per heavy atom. The first kappa shape index (κ1) is 16.7. The Morgan fingerprint density at radius 3 is 2.72 bits per heavy atom. The highest BCUT2D eigenvalue weighted by Crippen LogP contribution is 2.32. The Morgan fingerprint density at radius 1 is 1.16 bits per heavy atom. The lowest BCUT2D eigenvalue weighted by molar-refractivity contribution is 0.893. The van der Waals surface area contributed by atoms with Crippen LogP contribution in [0, 0.1) is 11.3 Å². The van der Waals surface area contributed by atoms with Gasteiger partial charge in [0.2, 0.25) is 11.9 Å². The second kappa shape index (κ2) is 7.59. The van der Waals surface area contributed by atoms with Crippen molar-refractivity contribution in [3.8, 4) is 6.07 Å². The number of hydrogen-bond donors (Lipinski definition) is 2. The van der Waals surface area contributed by atoms with Crippen LogP contribution < -0.4 is 11.1 Å². The maximum Gasteiger partial charge on any atom is 0.232 e. The first-order valence-corrected chi connectivity index (χ1v) is 8.38. The molecule has 3 rings (SSSR count). The molecule has 0 amide bonds. The van der Waals surface area contributed by atoms with Crippen molar-refractivity contribution in [1.82, 2.24) is 19.9 Å². The number of nitrogens with one attached hydrogen (secondary N) is 1. The molecule has 1 aromatic carbocycles. The van der Waals surface area contributed by atoms with Gasteiger partial charge in [0, 0.05) is 11.9 Å². The predicted molar refractivity (Wildman–Crippen MR) is 97.2 cm³/mol. The van der Waals surface area contributed by atoms with E-state index in [1.807, 2.05) is 37.3 Å². The number of nitrogens with two attached hydrogens (primary N) is 1. The Labute approximate surface area is 149 Å². The molecule has 0 aliphatic carbocycles. The first-order chi connectivity index (χ1) is 12.1. The zero-order chi connectivity index (χ0) is 17.6. The average molecular weight is 349 g/mol. The zero-order valence-corrected chi connectivity index (χ0v) is 14.2. The van der Waals surface area contributed by atoms with Crippen LogP contribution >= 0.6 is 11.8 Å². The quantitative estimate of drug-likeness (QED) is 0.674. The lowest BCUT2D eigenvalue weighted by atomic mass is 10.3. The van der Waals surface area contributed by atoms with Gasteiger partial charge in [-0.05, 0) is 31.2 Å². The number of benzene rings is 1. The van der Waals surface area contributed by atoms with Gasteiger partial charge in [-0.25, -0.2) is 4.98 Å². The third kappa shape index (κ3) is 4.43. The van der Waals surface area contributed by atoms with Crippen LogP contribution in [0.3, 0.4) is 0 Å². The summed E-state index contributed by atoms with van der Waals surface area (Å²) in [6.07, 6.45) is 1.61. The highest BCUT2D eigenvalue weighted by atomic mass is 32.2. The molecule has 0 radical (unpaired) electrons. The summed E-state index contributed by atoms with van der Waals surface area (Å²) in [5, 5.41) is 12.7. The second-order valence-corrected chi connectivity index (χ2v) is 6.48. The maximum atomic E-state index is 8.98. The molecule has 124 valence electrons. The summed E-state index contributed by atoms with van der Waals surface area (Å²) in [5.41, 5.74) is 7.24. The molecule has 1 unspecified atom stereocenters. The number of para-hydroxylation sites is 1. The van der Waals surface area contributed by atoms with E-state index in [1.165, 1.54) is 11.8 Å². The molecule has 2 aromatic heterocycles. The summed E-state index contributed by atoms with van der Waals surface area (Å²) in [4.78, 5) is 17.0. The van der Waals surface area contributed by atoms with E-state index in [0.29, 0.717) is 17.3 Å². The Balaban J connectivity index is 1.80. The number of nitrogens with zero attached hydrogens (tertiary/aromatic N) is 5. The average Bonchev–Trinajstić information content (AvgIpc) is 2.62. The maximum absolute atomic E-state index is 8.98. The van der Waals surface area contributed by atoms with Crippen LogP contribution in [0.15, 0.2) is 53.7 Å².